The molecule has 0 N–H and O–H groups in total. The molecule has 0 unspecified atom stereocenters. The fourth-order valence-corrected chi connectivity index (χ4v) is 5.80. The standard InChI is InChI=1S/C28H31F3N2O5S/c1-20-26(32-27(38-20)23-9-5-22(6-10-23)17-33-13-15-37-16-14-33)19-39(35,36)18-25(34)4-2-3-21-7-11-24(12-8-21)28(29,30)31/h5-12H,2-4,13-19H2,1H3. The summed E-state index contributed by atoms with van der Waals surface area (Å²) in [4.78, 5) is 19.0. The van der Waals surface area contributed by atoms with Crippen molar-refractivity contribution in [1.29, 1.82) is 0 Å². The van der Waals surface area contributed by atoms with Crippen LogP contribution in [-0.2, 0) is 44.3 Å². The van der Waals surface area contributed by atoms with Crippen LogP contribution in [0.5, 0.6) is 0 Å². The number of benzene rings is 2. The number of hydrogen-bond acceptors (Lipinski definition) is 7. The molecule has 7 nitrogen and oxygen atoms in total. The Morgan fingerprint density at radius 2 is 1.64 bits per heavy atom. The zero-order valence-electron chi connectivity index (χ0n) is 21.7. The lowest BCUT2D eigenvalue weighted by molar-refractivity contribution is -0.137. The monoisotopic (exact) mass is 564 g/mol. The molecule has 2 heterocycles. The van der Waals surface area contributed by atoms with Gasteiger partial charge in [0.25, 0.3) is 0 Å². The molecule has 39 heavy (non-hydrogen) atoms. The Hall–Kier alpha value is -3.02. The molecule has 0 amide bonds. The van der Waals surface area contributed by atoms with E-state index in [1.54, 1.807) is 6.92 Å². The number of Topliss-reactive ketones (excluding diaryl/α,β-unsaturated/α-hetero) is 1. The maximum atomic E-state index is 12.7. The number of ether oxygens (including phenoxy) is 1. The Labute approximate surface area is 225 Å². The van der Waals surface area contributed by atoms with E-state index in [1.807, 2.05) is 24.3 Å². The van der Waals surface area contributed by atoms with Crippen LogP contribution in [0.25, 0.3) is 11.5 Å². The Bertz CT molecular complexity index is 1360. The van der Waals surface area contributed by atoms with Crippen molar-refractivity contribution in [3.8, 4) is 11.5 Å². The van der Waals surface area contributed by atoms with Crippen LogP contribution in [0, 0.1) is 6.92 Å². The molecule has 2 aromatic carbocycles. The van der Waals surface area contributed by atoms with Crippen molar-refractivity contribution < 1.29 is 35.5 Å². The lowest BCUT2D eigenvalue weighted by atomic mass is 10.0. The van der Waals surface area contributed by atoms with Crippen LogP contribution in [0.15, 0.2) is 52.9 Å². The van der Waals surface area contributed by atoms with Gasteiger partial charge in [0, 0.05) is 31.6 Å². The molecule has 0 radical (unpaired) electrons. The Kier molecular flexibility index (Phi) is 9.24. The number of alkyl halides is 3. The van der Waals surface area contributed by atoms with Crippen LogP contribution >= 0.6 is 0 Å². The Balaban J connectivity index is 1.28. The molecule has 0 saturated carbocycles. The van der Waals surface area contributed by atoms with Gasteiger partial charge in [0.2, 0.25) is 5.89 Å². The van der Waals surface area contributed by atoms with Crippen molar-refractivity contribution in [3.05, 3.63) is 76.7 Å². The molecule has 1 aromatic heterocycles. The summed E-state index contributed by atoms with van der Waals surface area (Å²) in [5, 5.41) is 0. The number of ketones is 1. The third kappa shape index (κ3) is 8.48. The summed E-state index contributed by atoms with van der Waals surface area (Å²) in [6, 6.07) is 12.5. The molecule has 0 bridgehead atoms. The topological polar surface area (TPSA) is 89.7 Å². The van der Waals surface area contributed by atoms with Crippen molar-refractivity contribution in [3.63, 3.8) is 0 Å². The van der Waals surface area contributed by atoms with Gasteiger partial charge in [-0.05, 0) is 55.2 Å². The van der Waals surface area contributed by atoms with Gasteiger partial charge >= 0.3 is 6.18 Å². The summed E-state index contributed by atoms with van der Waals surface area (Å²) < 4.78 is 74.5. The van der Waals surface area contributed by atoms with Crippen LogP contribution in [0.3, 0.4) is 0 Å². The molecular weight excluding hydrogens is 533 g/mol. The van der Waals surface area contributed by atoms with Crippen LogP contribution < -0.4 is 0 Å². The van der Waals surface area contributed by atoms with E-state index in [4.69, 9.17) is 9.15 Å². The fourth-order valence-electron chi connectivity index (χ4n) is 4.38. The van der Waals surface area contributed by atoms with E-state index in [1.165, 1.54) is 12.1 Å². The second-order valence-corrected chi connectivity index (χ2v) is 11.8. The first-order chi connectivity index (χ1) is 18.5. The van der Waals surface area contributed by atoms with Crippen LogP contribution in [0.4, 0.5) is 13.2 Å². The van der Waals surface area contributed by atoms with Gasteiger partial charge in [-0.2, -0.15) is 13.2 Å². The number of aromatic nitrogens is 1. The number of morpholine rings is 1. The second kappa shape index (κ2) is 12.4. The zero-order valence-corrected chi connectivity index (χ0v) is 22.5. The predicted octanol–water partition coefficient (Wildman–Crippen LogP) is 5.01. The van der Waals surface area contributed by atoms with E-state index < -0.39 is 38.9 Å². The smallest absolute Gasteiger partial charge is 0.416 e. The number of rotatable bonds is 11. The number of aryl methyl sites for hydroxylation is 2. The molecule has 0 atom stereocenters. The number of oxazole rings is 1. The van der Waals surface area contributed by atoms with Crippen molar-refractivity contribution in [2.75, 3.05) is 32.1 Å². The van der Waals surface area contributed by atoms with Crippen molar-refractivity contribution in [2.45, 2.75) is 44.7 Å². The first kappa shape index (κ1) is 29.0. The van der Waals surface area contributed by atoms with E-state index in [0.29, 0.717) is 30.1 Å². The van der Waals surface area contributed by atoms with E-state index in [0.717, 1.165) is 56.1 Å². The van der Waals surface area contributed by atoms with Gasteiger partial charge in [-0.25, -0.2) is 13.4 Å². The van der Waals surface area contributed by atoms with Crippen molar-refractivity contribution in [2.24, 2.45) is 0 Å². The number of carbonyl (C=O) groups is 1. The number of nitrogens with zero attached hydrogens (tertiary/aromatic N) is 2. The Morgan fingerprint density at radius 3 is 2.28 bits per heavy atom. The minimum atomic E-state index is -4.40. The summed E-state index contributed by atoms with van der Waals surface area (Å²) in [5.41, 5.74) is 2.05. The summed E-state index contributed by atoms with van der Waals surface area (Å²) in [5.74, 6) is -0.793. The molecular formula is C28H31F3N2O5S. The summed E-state index contributed by atoms with van der Waals surface area (Å²) in [6.07, 6.45) is -3.67. The third-order valence-corrected chi connectivity index (χ3v) is 8.02. The zero-order chi connectivity index (χ0) is 28.0. The highest BCUT2D eigenvalue weighted by Crippen LogP contribution is 2.29. The molecule has 0 aliphatic carbocycles. The second-order valence-electron chi connectivity index (χ2n) is 9.73. The van der Waals surface area contributed by atoms with Gasteiger partial charge in [0.15, 0.2) is 9.84 Å². The van der Waals surface area contributed by atoms with Gasteiger partial charge in [-0.15, -0.1) is 0 Å². The summed E-state index contributed by atoms with van der Waals surface area (Å²) in [7, 11) is -3.78. The highest BCUT2D eigenvalue weighted by Gasteiger charge is 2.30. The van der Waals surface area contributed by atoms with Crippen LogP contribution in [0.1, 0.15) is 41.0 Å². The molecule has 4 rings (SSSR count). The molecule has 0 spiro atoms. The number of hydrogen-bond donors (Lipinski definition) is 0. The largest absolute Gasteiger partial charge is 0.441 e. The number of halogens is 3. The van der Waals surface area contributed by atoms with E-state index in [-0.39, 0.29) is 12.1 Å². The normalized spacial score (nSPS) is 15.0. The minimum absolute atomic E-state index is 0.0140. The lowest BCUT2D eigenvalue weighted by Crippen LogP contribution is -2.35. The number of sulfone groups is 1. The third-order valence-electron chi connectivity index (χ3n) is 6.54. The molecule has 11 heteroatoms. The molecule has 1 saturated heterocycles. The van der Waals surface area contributed by atoms with Gasteiger partial charge in [-0.1, -0.05) is 24.3 Å². The quantitative estimate of drug-likeness (QED) is 0.324. The van der Waals surface area contributed by atoms with E-state index in [2.05, 4.69) is 9.88 Å². The number of carbonyl (C=O) groups excluding carboxylic acids is 1. The molecule has 1 aliphatic rings. The van der Waals surface area contributed by atoms with Crippen LogP contribution in [0.2, 0.25) is 0 Å². The Morgan fingerprint density at radius 1 is 1.00 bits per heavy atom. The van der Waals surface area contributed by atoms with Gasteiger partial charge in [0.05, 0.1) is 30.2 Å². The van der Waals surface area contributed by atoms with Gasteiger partial charge in [-0.3, -0.25) is 9.69 Å². The SMILES string of the molecule is Cc1oc(-c2ccc(CN3CCOCC3)cc2)nc1CS(=O)(=O)CC(=O)CCCc1ccc(C(F)(F)F)cc1. The lowest BCUT2D eigenvalue weighted by Gasteiger charge is -2.26. The highest BCUT2D eigenvalue weighted by atomic mass is 32.2. The summed E-state index contributed by atoms with van der Waals surface area (Å²) >= 11 is 0. The first-order valence-electron chi connectivity index (χ1n) is 12.7. The van der Waals surface area contributed by atoms with Crippen molar-refractivity contribution >= 4 is 15.6 Å². The van der Waals surface area contributed by atoms with E-state index in [9.17, 15) is 26.4 Å². The summed E-state index contributed by atoms with van der Waals surface area (Å²) in [6.45, 7) is 5.69. The molecule has 210 valence electrons. The predicted molar refractivity (Wildman–Crippen MR) is 140 cm³/mol. The van der Waals surface area contributed by atoms with Crippen molar-refractivity contribution in [1.82, 2.24) is 9.88 Å². The molecule has 3 aromatic rings. The van der Waals surface area contributed by atoms with Gasteiger partial charge < -0.3 is 9.15 Å². The van der Waals surface area contributed by atoms with Crippen LogP contribution in [-0.4, -0.2) is 56.1 Å². The minimum Gasteiger partial charge on any atom is -0.441 e. The molecule has 1 aliphatic heterocycles. The average molecular weight is 565 g/mol. The molecule has 1 fully saturated rings. The fraction of sp³-hybridized carbons (Fsp3) is 0.429. The first-order valence-corrected chi connectivity index (χ1v) is 14.5. The van der Waals surface area contributed by atoms with Gasteiger partial charge in [0.1, 0.15) is 17.3 Å². The van der Waals surface area contributed by atoms with E-state index >= 15 is 0 Å². The average Bonchev–Trinajstić information content (AvgIpc) is 3.23. The maximum Gasteiger partial charge on any atom is 0.416 e. The highest BCUT2D eigenvalue weighted by molar-refractivity contribution is 7.91. The maximum absolute atomic E-state index is 12.7.